The van der Waals surface area contributed by atoms with Crippen LogP contribution < -0.4 is 5.32 Å². The first-order valence-electron chi connectivity index (χ1n) is 7.45. The van der Waals surface area contributed by atoms with Gasteiger partial charge in [0, 0.05) is 16.4 Å². The van der Waals surface area contributed by atoms with E-state index in [-0.39, 0.29) is 0 Å². The molecule has 1 aromatic carbocycles. The Morgan fingerprint density at radius 1 is 1.20 bits per heavy atom. The summed E-state index contributed by atoms with van der Waals surface area (Å²) in [6, 6.07) is 10.7. The van der Waals surface area contributed by atoms with Gasteiger partial charge in [0.15, 0.2) is 0 Å². The van der Waals surface area contributed by atoms with Crippen LogP contribution in [-0.2, 0) is 0 Å². The van der Waals surface area contributed by atoms with Gasteiger partial charge in [0.1, 0.15) is 11.3 Å². The largest absolute Gasteiger partial charge is 0.459 e. The van der Waals surface area contributed by atoms with E-state index in [2.05, 4.69) is 51.2 Å². The number of thioether (sulfide) groups is 1. The van der Waals surface area contributed by atoms with Gasteiger partial charge in [0.25, 0.3) is 0 Å². The number of fused-ring (bicyclic) bond motifs is 1. The van der Waals surface area contributed by atoms with Gasteiger partial charge in [-0.05, 0) is 24.6 Å². The lowest BCUT2D eigenvalue weighted by Gasteiger charge is -2.20. The van der Waals surface area contributed by atoms with E-state index in [0.29, 0.717) is 17.2 Å². The third kappa shape index (κ3) is 3.80. The van der Waals surface area contributed by atoms with E-state index in [0.717, 1.165) is 23.6 Å². The Morgan fingerprint density at radius 3 is 2.60 bits per heavy atom. The van der Waals surface area contributed by atoms with Gasteiger partial charge in [-0.2, -0.15) is 11.8 Å². The molecule has 0 aliphatic rings. The third-order valence-corrected chi connectivity index (χ3v) is 5.30. The van der Waals surface area contributed by atoms with Crippen molar-refractivity contribution in [2.45, 2.75) is 39.0 Å². The summed E-state index contributed by atoms with van der Waals surface area (Å²) in [6.45, 7) is 9.96. The Bertz CT molecular complexity index is 502. The van der Waals surface area contributed by atoms with E-state index in [1.165, 1.54) is 5.39 Å². The average molecular weight is 291 g/mol. The highest BCUT2D eigenvalue weighted by Gasteiger charge is 2.18. The highest BCUT2D eigenvalue weighted by atomic mass is 32.2. The fourth-order valence-corrected chi connectivity index (χ4v) is 3.27. The quantitative estimate of drug-likeness (QED) is 0.788. The van der Waals surface area contributed by atoms with Gasteiger partial charge in [0.05, 0.1) is 6.04 Å². The molecule has 0 fully saturated rings. The van der Waals surface area contributed by atoms with Crippen LogP contribution in [0.1, 0.15) is 39.5 Å². The molecule has 0 aliphatic heterocycles. The van der Waals surface area contributed by atoms with Gasteiger partial charge in [-0.15, -0.1) is 0 Å². The first-order valence-corrected chi connectivity index (χ1v) is 8.50. The van der Waals surface area contributed by atoms with Crippen LogP contribution in [0.4, 0.5) is 0 Å². The van der Waals surface area contributed by atoms with Gasteiger partial charge in [0.2, 0.25) is 0 Å². The highest BCUT2D eigenvalue weighted by molar-refractivity contribution is 7.99. The number of benzene rings is 1. The SMILES string of the molecule is CCNC(CSC(C)C(C)C)c1cc2ccccc2o1. The van der Waals surface area contributed by atoms with Crippen molar-refractivity contribution in [2.24, 2.45) is 5.92 Å². The van der Waals surface area contributed by atoms with Gasteiger partial charge in [-0.25, -0.2) is 0 Å². The number of hydrogen-bond donors (Lipinski definition) is 1. The number of para-hydroxylation sites is 1. The second-order valence-corrected chi connectivity index (χ2v) is 6.99. The molecule has 0 bridgehead atoms. The molecule has 2 unspecified atom stereocenters. The van der Waals surface area contributed by atoms with Crippen LogP contribution >= 0.6 is 11.8 Å². The van der Waals surface area contributed by atoms with E-state index >= 15 is 0 Å². The van der Waals surface area contributed by atoms with Crippen molar-refractivity contribution in [2.75, 3.05) is 12.3 Å². The molecular weight excluding hydrogens is 266 g/mol. The van der Waals surface area contributed by atoms with Gasteiger partial charge < -0.3 is 9.73 Å². The van der Waals surface area contributed by atoms with Crippen LogP contribution in [0.2, 0.25) is 0 Å². The molecule has 0 spiro atoms. The molecular formula is C17H25NOS. The maximum absolute atomic E-state index is 6.00. The predicted molar refractivity (Wildman–Crippen MR) is 89.4 cm³/mol. The molecule has 2 atom stereocenters. The lowest BCUT2D eigenvalue weighted by Crippen LogP contribution is -2.23. The Hall–Kier alpha value is -0.930. The Balaban J connectivity index is 2.11. The summed E-state index contributed by atoms with van der Waals surface area (Å²) >= 11 is 2.01. The van der Waals surface area contributed by atoms with E-state index in [1.54, 1.807) is 0 Å². The molecule has 1 heterocycles. The lowest BCUT2D eigenvalue weighted by atomic mass is 10.2. The molecule has 20 heavy (non-hydrogen) atoms. The van der Waals surface area contributed by atoms with E-state index in [1.807, 2.05) is 23.9 Å². The van der Waals surface area contributed by atoms with E-state index in [9.17, 15) is 0 Å². The van der Waals surface area contributed by atoms with E-state index < -0.39 is 0 Å². The van der Waals surface area contributed by atoms with Crippen molar-refractivity contribution in [1.29, 1.82) is 0 Å². The monoisotopic (exact) mass is 291 g/mol. The third-order valence-electron chi connectivity index (χ3n) is 3.70. The molecule has 0 saturated heterocycles. The molecule has 1 N–H and O–H groups in total. The Labute approximate surface area is 126 Å². The summed E-state index contributed by atoms with van der Waals surface area (Å²) in [5.74, 6) is 2.81. The van der Waals surface area contributed by atoms with Crippen molar-refractivity contribution in [3.05, 3.63) is 36.1 Å². The summed E-state index contributed by atoms with van der Waals surface area (Å²) in [5, 5.41) is 5.39. The minimum atomic E-state index is 0.290. The molecule has 0 aliphatic carbocycles. The van der Waals surface area contributed by atoms with Crippen LogP contribution in [0.5, 0.6) is 0 Å². The van der Waals surface area contributed by atoms with Crippen LogP contribution in [0.25, 0.3) is 11.0 Å². The maximum atomic E-state index is 6.00. The molecule has 0 amide bonds. The van der Waals surface area contributed by atoms with Crippen LogP contribution in [0.15, 0.2) is 34.7 Å². The minimum Gasteiger partial charge on any atom is -0.459 e. The highest BCUT2D eigenvalue weighted by Crippen LogP contribution is 2.28. The molecule has 110 valence electrons. The molecule has 0 saturated carbocycles. The van der Waals surface area contributed by atoms with Crippen molar-refractivity contribution >= 4 is 22.7 Å². The summed E-state index contributed by atoms with van der Waals surface area (Å²) in [5.41, 5.74) is 0.979. The number of rotatable bonds is 7. The molecule has 2 nitrogen and oxygen atoms in total. The van der Waals surface area contributed by atoms with Gasteiger partial charge in [-0.3, -0.25) is 0 Å². The van der Waals surface area contributed by atoms with Crippen LogP contribution in [0, 0.1) is 5.92 Å². The Kier molecular flexibility index (Phi) is 5.55. The second kappa shape index (κ2) is 7.19. The fourth-order valence-electron chi connectivity index (χ4n) is 2.10. The summed E-state index contributed by atoms with van der Waals surface area (Å²) < 4.78 is 6.00. The van der Waals surface area contributed by atoms with Crippen molar-refractivity contribution in [3.63, 3.8) is 0 Å². The number of hydrogen-bond acceptors (Lipinski definition) is 3. The van der Waals surface area contributed by atoms with Crippen LogP contribution in [0.3, 0.4) is 0 Å². The molecule has 2 rings (SSSR count). The van der Waals surface area contributed by atoms with Gasteiger partial charge >= 0.3 is 0 Å². The number of furan rings is 1. The van der Waals surface area contributed by atoms with Crippen LogP contribution in [-0.4, -0.2) is 17.5 Å². The first-order chi connectivity index (χ1) is 9.61. The second-order valence-electron chi connectivity index (χ2n) is 5.58. The lowest BCUT2D eigenvalue weighted by molar-refractivity contribution is 0.463. The normalized spacial score (nSPS) is 14.8. The average Bonchev–Trinajstić information content (AvgIpc) is 2.86. The van der Waals surface area contributed by atoms with Crippen molar-refractivity contribution in [1.82, 2.24) is 5.32 Å². The molecule has 0 radical (unpaired) electrons. The topological polar surface area (TPSA) is 25.2 Å². The van der Waals surface area contributed by atoms with Gasteiger partial charge in [-0.1, -0.05) is 45.9 Å². The zero-order valence-corrected chi connectivity index (χ0v) is 13.7. The molecule has 1 aromatic heterocycles. The predicted octanol–water partition coefficient (Wildman–Crippen LogP) is 4.86. The molecule has 3 heteroatoms. The maximum Gasteiger partial charge on any atom is 0.134 e. The standard InChI is InChI=1S/C17H25NOS/c1-5-18-15(11-20-13(4)12(2)3)17-10-14-8-6-7-9-16(14)19-17/h6-10,12-13,15,18H,5,11H2,1-4H3. The van der Waals surface area contributed by atoms with E-state index in [4.69, 9.17) is 4.42 Å². The summed E-state index contributed by atoms with van der Waals surface area (Å²) in [6.07, 6.45) is 0. The number of nitrogens with one attached hydrogen (secondary N) is 1. The molecule has 2 aromatic rings. The first kappa shape index (κ1) is 15.5. The zero-order valence-electron chi connectivity index (χ0n) is 12.8. The Morgan fingerprint density at radius 2 is 1.95 bits per heavy atom. The summed E-state index contributed by atoms with van der Waals surface area (Å²) in [7, 11) is 0. The smallest absolute Gasteiger partial charge is 0.134 e. The zero-order chi connectivity index (χ0) is 14.5. The summed E-state index contributed by atoms with van der Waals surface area (Å²) in [4.78, 5) is 0. The van der Waals surface area contributed by atoms with Crippen molar-refractivity contribution in [3.8, 4) is 0 Å². The minimum absolute atomic E-state index is 0.290. The fraction of sp³-hybridized carbons (Fsp3) is 0.529. The van der Waals surface area contributed by atoms with Crippen molar-refractivity contribution < 1.29 is 4.42 Å².